The lowest BCUT2D eigenvalue weighted by molar-refractivity contribution is 0.233. The average Bonchev–Trinajstić information content (AvgIpc) is 3.27. The van der Waals surface area contributed by atoms with Gasteiger partial charge in [-0.2, -0.15) is 0 Å². The highest BCUT2D eigenvalue weighted by Gasteiger charge is 2.13. The van der Waals surface area contributed by atoms with Crippen LogP contribution in [0.3, 0.4) is 0 Å². The van der Waals surface area contributed by atoms with Crippen LogP contribution in [0.4, 0.5) is 9.59 Å². The Labute approximate surface area is 387 Å². The number of urea groups is 2. The number of hydrogen-bond donors (Lipinski definition) is 5. The van der Waals surface area contributed by atoms with E-state index in [0.717, 1.165) is 84.3 Å². The van der Waals surface area contributed by atoms with Crippen molar-refractivity contribution >= 4 is 12.1 Å². The SMILES string of the molecule is CCCCCCCCC(CCCCCCCC)CNC(=O)NCCCCCCN(CCCCO)CCCCCCNC(=O)NCC(CCCCCCCC)CCCCCCCC. The molecule has 0 aromatic carbocycles. The maximum atomic E-state index is 12.7. The first-order chi connectivity index (χ1) is 30.5. The van der Waals surface area contributed by atoms with Gasteiger partial charge in [-0.3, -0.25) is 0 Å². The number of unbranched alkanes of at least 4 members (excludes halogenated alkanes) is 27. The smallest absolute Gasteiger partial charge is 0.314 e. The molecule has 0 unspecified atom stereocenters. The Balaban J connectivity index is 4.29. The summed E-state index contributed by atoms with van der Waals surface area (Å²) in [4.78, 5) is 27.9. The molecule has 0 aliphatic carbocycles. The molecule has 370 valence electrons. The van der Waals surface area contributed by atoms with Gasteiger partial charge in [0.15, 0.2) is 0 Å². The highest BCUT2D eigenvalue weighted by atomic mass is 16.3. The molecule has 0 aromatic heterocycles. The fourth-order valence-corrected chi connectivity index (χ4v) is 8.96. The maximum Gasteiger partial charge on any atom is 0.314 e. The third-order valence-electron chi connectivity index (χ3n) is 13.2. The standard InChI is InChI=1S/C54H111N5O3/c1-5-9-13-17-21-29-39-51(40-30-22-18-14-10-6-2)49-57-53(61)55-43-33-25-27-35-45-59(47-37-38-48-60)46-36-28-26-34-44-56-54(62)58-50-52(41-31-23-19-15-11-7-3)42-32-24-20-16-12-8-4/h51-52,60H,5-50H2,1-4H3,(H2,55,57,61)(H2,56,58,62). The number of rotatable bonds is 50. The number of aliphatic hydroxyl groups is 1. The van der Waals surface area contributed by atoms with Crippen molar-refractivity contribution in [2.24, 2.45) is 11.8 Å². The molecule has 0 saturated heterocycles. The van der Waals surface area contributed by atoms with Crippen LogP contribution in [0.15, 0.2) is 0 Å². The summed E-state index contributed by atoms with van der Waals surface area (Å²) >= 11 is 0. The lowest BCUT2D eigenvalue weighted by atomic mass is 9.94. The summed E-state index contributed by atoms with van der Waals surface area (Å²) < 4.78 is 0. The lowest BCUT2D eigenvalue weighted by Gasteiger charge is -2.22. The predicted octanol–water partition coefficient (Wildman–Crippen LogP) is 15.0. The molecule has 4 amide bonds. The lowest BCUT2D eigenvalue weighted by Crippen LogP contribution is -2.38. The molecular formula is C54H111N5O3. The molecule has 0 spiro atoms. The van der Waals surface area contributed by atoms with Crippen molar-refractivity contribution < 1.29 is 14.7 Å². The van der Waals surface area contributed by atoms with Crippen LogP contribution >= 0.6 is 0 Å². The minimum Gasteiger partial charge on any atom is -0.396 e. The molecule has 0 radical (unpaired) electrons. The largest absolute Gasteiger partial charge is 0.396 e. The van der Waals surface area contributed by atoms with E-state index in [1.807, 2.05) is 0 Å². The molecule has 0 bridgehead atoms. The van der Waals surface area contributed by atoms with E-state index in [2.05, 4.69) is 53.9 Å². The van der Waals surface area contributed by atoms with Crippen LogP contribution in [-0.2, 0) is 0 Å². The number of nitrogens with zero attached hydrogens (tertiary/aromatic N) is 1. The van der Waals surface area contributed by atoms with Crippen molar-refractivity contribution in [3.8, 4) is 0 Å². The fourth-order valence-electron chi connectivity index (χ4n) is 8.96. The Kier molecular flexibility index (Phi) is 49.2. The van der Waals surface area contributed by atoms with E-state index in [9.17, 15) is 14.7 Å². The Morgan fingerprint density at radius 1 is 0.355 bits per heavy atom. The van der Waals surface area contributed by atoms with Crippen LogP contribution in [0.5, 0.6) is 0 Å². The van der Waals surface area contributed by atoms with Crippen LogP contribution in [0.2, 0.25) is 0 Å². The summed E-state index contributed by atoms with van der Waals surface area (Å²) in [6, 6.07) is 0.0209. The Morgan fingerprint density at radius 2 is 0.629 bits per heavy atom. The summed E-state index contributed by atoms with van der Waals surface area (Å²) in [5, 5.41) is 22.1. The second-order valence-corrected chi connectivity index (χ2v) is 19.3. The maximum absolute atomic E-state index is 12.7. The van der Waals surface area contributed by atoms with Gasteiger partial charge in [0.1, 0.15) is 0 Å². The third-order valence-corrected chi connectivity index (χ3v) is 13.2. The van der Waals surface area contributed by atoms with Crippen molar-refractivity contribution in [3.63, 3.8) is 0 Å². The third kappa shape index (κ3) is 45.0. The topological polar surface area (TPSA) is 106 Å². The molecule has 0 rings (SSSR count). The zero-order chi connectivity index (χ0) is 45.2. The first kappa shape index (κ1) is 60.5. The molecule has 8 heteroatoms. The minimum atomic E-state index is 0.0105. The Hall–Kier alpha value is -1.54. The fraction of sp³-hybridized carbons (Fsp3) is 0.963. The number of carbonyl (C=O) groups excluding carboxylic acids is 2. The van der Waals surface area contributed by atoms with Gasteiger partial charge >= 0.3 is 12.1 Å². The van der Waals surface area contributed by atoms with E-state index in [1.54, 1.807) is 0 Å². The summed E-state index contributed by atoms with van der Waals surface area (Å²) in [5.74, 6) is 1.21. The van der Waals surface area contributed by atoms with Gasteiger partial charge in [0.2, 0.25) is 0 Å². The number of hydrogen-bond acceptors (Lipinski definition) is 4. The van der Waals surface area contributed by atoms with Gasteiger partial charge in [0.25, 0.3) is 0 Å². The molecule has 0 fully saturated rings. The van der Waals surface area contributed by atoms with Crippen LogP contribution < -0.4 is 21.3 Å². The van der Waals surface area contributed by atoms with Gasteiger partial charge in [-0.25, -0.2) is 9.59 Å². The number of aliphatic hydroxyl groups excluding tert-OH is 1. The highest BCUT2D eigenvalue weighted by Crippen LogP contribution is 2.20. The number of nitrogens with one attached hydrogen (secondary N) is 4. The van der Waals surface area contributed by atoms with Crippen molar-refractivity contribution in [3.05, 3.63) is 0 Å². The van der Waals surface area contributed by atoms with E-state index < -0.39 is 0 Å². The van der Waals surface area contributed by atoms with E-state index in [0.29, 0.717) is 11.8 Å². The first-order valence-corrected chi connectivity index (χ1v) is 27.9. The monoisotopic (exact) mass is 878 g/mol. The van der Waals surface area contributed by atoms with Gasteiger partial charge < -0.3 is 31.3 Å². The van der Waals surface area contributed by atoms with Crippen molar-refractivity contribution in [2.75, 3.05) is 52.4 Å². The molecule has 0 saturated carbocycles. The zero-order valence-corrected chi connectivity index (χ0v) is 42.4. The van der Waals surface area contributed by atoms with Gasteiger partial charge in [0.05, 0.1) is 0 Å². The van der Waals surface area contributed by atoms with Gasteiger partial charge in [-0.1, -0.05) is 207 Å². The van der Waals surface area contributed by atoms with Crippen LogP contribution in [-0.4, -0.2) is 74.5 Å². The van der Waals surface area contributed by atoms with Gasteiger partial charge in [-0.15, -0.1) is 0 Å². The van der Waals surface area contributed by atoms with E-state index in [-0.39, 0.29) is 18.7 Å². The Bertz CT molecular complexity index is 809. The molecule has 5 N–H and O–H groups in total. The van der Waals surface area contributed by atoms with E-state index >= 15 is 0 Å². The van der Waals surface area contributed by atoms with Crippen LogP contribution in [0.1, 0.15) is 272 Å². The minimum absolute atomic E-state index is 0.0105. The molecule has 0 atom stereocenters. The van der Waals surface area contributed by atoms with Crippen molar-refractivity contribution in [2.45, 2.75) is 272 Å². The van der Waals surface area contributed by atoms with Gasteiger partial charge in [0, 0.05) is 32.8 Å². The van der Waals surface area contributed by atoms with Gasteiger partial charge in [-0.05, 0) is 95.7 Å². The summed E-state index contributed by atoms with van der Waals surface area (Å²) in [7, 11) is 0. The first-order valence-electron chi connectivity index (χ1n) is 27.9. The summed E-state index contributed by atoms with van der Waals surface area (Å²) in [6.45, 7) is 15.8. The zero-order valence-electron chi connectivity index (χ0n) is 42.4. The summed E-state index contributed by atoms with van der Waals surface area (Å²) in [5.41, 5.74) is 0. The highest BCUT2D eigenvalue weighted by molar-refractivity contribution is 5.74. The molecule has 0 aliphatic rings. The molecule has 0 heterocycles. The second-order valence-electron chi connectivity index (χ2n) is 19.3. The molecular weight excluding hydrogens is 767 g/mol. The average molecular weight is 879 g/mol. The van der Waals surface area contributed by atoms with Crippen LogP contribution in [0.25, 0.3) is 0 Å². The molecule has 62 heavy (non-hydrogen) atoms. The van der Waals surface area contributed by atoms with E-state index in [1.165, 1.54) is 205 Å². The van der Waals surface area contributed by atoms with Crippen molar-refractivity contribution in [1.29, 1.82) is 0 Å². The quantitative estimate of drug-likeness (QED) is 0.0393. The summed E-state index contributed by atoms with van der Waals surface area (Å²) in [6.07, 6.45) is 48.0. The van der Waals surface area contributed by atoms with Crippen molar-refractivity contribution in [1.82, 2.24) is 26.2 Å². The molecule has 0 aromatic rings. The second kappa shape index (κ2) is 50.5. The Morgan fingerprint density at radius 3 is 0.952 bits per heavy atom. The normalized spacial score (nSPS) is 11.6. The van der Waals surface area contributed by atoms with E-state index in [4.69, 9.17) is 0 Å². The van der Waals surface area contributed by atoms with Crippen LogP contribution in [0, 0.1) is 11.8 Å². The predicted molar refractivity (Wildman–Crippen MR) is 271 cm³/mol. The molecule has 8 nitrogen and oxygen atoms in total. The molecule has 0 aliphatic heterocycles. The number of amides is 4. The number of carbonyl (C=O) groups is 2.